The molecule has 1 aromatic rings. The summed E-state index contributed by atoms with van der Waals surface area (Å²) in [5.41, 5.74) is 6.48. The van der Waals surface area contributed by atoms with Gasteiger partial charge in [0.15, 0.2) is 0 Å². The standard InChI is InChI=1S/C9H13N3O2S/c1-2-3-12-8-4-7(10)5-9(6-8)15(11,13)14/h2,4-6,12H,1,3,10H2,(H2,11,13,14). The molecule has 0 amide bonds. The van der Waals surface area contributed by atoms with Crippen molar-refractivity contribution in [2.45, 2.75) is 4.90 Å². The van der Waals surface area contributed by atoms with E-state index in [4.69, 9.17) is 10.9 Å². The van der Waals surface area contributed by atoms with Crippen LogP contribution in [-0.4, -0.2) is 15.0 Å². The minimum Gasteiger partial charge on any atom is -0.399 e. The minimum absolute atomic E-state index is 0.00550. The summed E-state index contributed by atoms with van der Waals surface area (Å²) in [6.45, 7) is 4.05. The molecule has 0 bridgehead atoms. The molecular formula is C9H13N3O2S. The topological polar surface area (TPSA) is 98.2 Å². The number of hydrogen-bond donors (Lipinski definition) is 3. The molecule has 0 atom stereocenters. The minimum atomic E-state index is -3.72. The first-order valence-electron chi connectivity index (χ1n) is 4.21. The number of sulfonamides is 1. The molecule has 6 heteroatoms. The van der Waals surface area contributed by atoms with Gasteiger partial charge in [-0.25, -0.2) is 13.6 Å². The lowest BCUT2D eigenvalue weighted by atomic mass is 10.3. The van der Waals surface area contributed by atoms with Crippen LogP contribution in [0, 0.1) is 0 Å². The highest BCUT2D eigenvalue weighted by atomic mass is 32.2. The predicted molar refractivity (Wildman–Crippen MR) is 60.9 cm³/mol. The van der Waals surface area contributed by atoms with E-state index < -0.39 is 10.0 Å². The summed E-state index contributed by atoms with van der Waals surface area (Å²) in [5, 5.41) is 7.92. The molecule has 0 spiro atoms. The van der Waals surface area contributed by atoms with E-state index >= 15 is 0 Å². The van der Waals surface area contributed by atoms with Gasteiger partial charge >= 0.3 is 0 Å². The Morgan fingerprint density at radius 2 is 2.07 bits per heavy atom. The lowest BCUT2D eigenvalue weighted by Crippen LogP contribution is -2.13. The molecule has 0 radical (unpaired) electrons. The maximum absolute atomic E-state index is 11.1. The Morgan fingerprint density at radius 1 is 1.40 bits per heavy atom. The molecule has 0 aliphatic heterocycles. The predicted octanol–water partition coefficient (Wildman–Crippen LogP) is 0.514. The van der Waals surface area contributed by atoms with Gasteiger partial charge in [-0.05, 0) is 18.2 Å². The number of nitrogens with one attached hydrogen (secondary N) is 1. The zero-order valence-electron chi connectivity index (χ0n) is 8.10. The molecule has 82 valence electrons. The van der Waals surface area contributed by atoms with Gasteiger partial charge in [0.1, 0.15) is 0 Å². The van der Waals surface area contributed by atoms with Crippen LogP contribution in [0.25, 0.3) is 0 Å². The first-order chi connectivity index (χ1) is 6.93. The Morgan fingerprint density at radius 3 is 2.60 bits per heavy atom. The molecule has 0 aliphatic carbocycles. The molecule has 0 fully saturated rings. The largest absolute Gasteiger partial charge is 0.399 e. The second-order valence-corrected chi connectivity index (χ2v) is 4.57. The maximum Gasteiger partial charge on any atom is 0.238 e. The van der Waals surface area contributed by atoms with E-state index in [9.17, 15) is 8.42 Å². The highest BCUT2D eigenvalue weighted by molar-refractivity contribution is 7.89. The Hall–Kier alpha value is -1.53. The normalized spacial score (nSPS) is 11.0. The van der Waals surface area contributed by atoms with Crippen molar-refractivity contribution >= 4 is 21.4 Å². The van der Waals surface area contributed by atoms with Crippen LogP contribution in [0.3, 0.4) is 0 Å². The van der Waals surface area contributed by atoms with Crippen LogP contribution in [0.15, 0.2) is 35.7 Å². The summed E-state index contributed by atoms with van der Waals surface area (Å²) >= 11 is 0. The maximum atomic E-state index is 11.1. The lowest BCUT2D eigenvalue weighted by molar-refractivity contribution is 0.598. The number of benzene rings is 1. The van der Waals surface area contributed by atoms with Gasteiger partial charge in [0.05, 0.1) is 4.90 Å². The van der Waals surface area contributed by atoms with Crippen molar-refractivity contribution in [3.63, 3.8) is 0 Å². The lowest BCUT2D eigenvalue weighted by Gasteiger charge is -2.07. The van der Waals surface area contributed by atoms with Crippen molar-refractivity contribution in [3.8, 4) is 0 Å². The fourth-order valence-electron chi connectivity index (χ4n) is 1.08. The van der Waals surface area contributed by atoms with E-state index in [1.54, 1.807) is 12.1 Å². The van der Waals surface area contributed by atoms with Crippen LogP contribution in [0.2, 0.25) is 0 Å². The number of anilines is 2. The van der Waals surface area contributed by atoms with E-state index in [1.807, 2.05) is 0 Å². The third kappa shape index (κ3) is 3.26. The van der Waals surface area contributed by atoms with Gasteiger partial charge in [-0.15, -0.1) is 6.58 Å². The molecule has 0 aliphatic rings. The average molecular weight is 227 g/mol. The first kappa shape index (κ1) is 11.5. The smallest absolute Gasteiger partial charge is 0.238 e. The summed E-state index contributed by atoms with van der Waals surface area (Å²) in [5.74, 6) is 0. The molecule has 5 N–H and O–H groups in total. The van der Waals surface area contributed by atoms with Crippen LogP contribution in [0.1, 0.15) is 0 Å². The van der Waals surface area contributed by atoms with Crippen LogP contribution < -0.4 is 16.2 Å². The molecule has 0 saturated carbocycles. The molecule has 1 aromatic carbocycles. The number of hydrogen-bond acceptors (Lipinski definition) is 4. The van der Waals surface area contributed by atoms with Gasteiger partial charge in [0, 0.05) is 17.9 Å². The summed E-state index contributed by atoms with van der Waals surface area (Å²) < 4.78 is 22.2. The van der Waals surface area contributed by atoms with E-state index in [-0.39, 0.29) is 4.90 Å². The Labute approximate surface area is 88.8 Å². The van der Waals surface area contributed by atoms with Crippen molar-refractivity contribution in [2.75, 3.05) is 17.6 Å². The zero-order valence-corrected chi connectivity index (χ0v) is 8.92. The molecule has 0 unspecified atom stereocenters. The van der Waals surface area contributed by atoms with Crippen molar-refractivity contribution in [1.82, 2.24) is 0 Å². The zero-order chi connectivity index (χ0) is 11.5. The number of primary sulfonamides is 1. The fraction of sp³-hybridized carbons (Fsp3) is 0.111. The van der Waals surface area contributed by atoms with Crippen LogP contribution in [0.5, 0.6) is 0 Å². The summed E-state index contributed by atoms with van der Waals surface area (Å²) in [6, 6.07) is 4.36. The molecule has 0 saturated heterocycles. The van der Waals surface area contributed by atoms with Crippen LogP contribution >= 0.6 is 0 Å². The number of nitrogens with two attached hydrogens (primary N) is 2. The fourth-order valence-corrected chi connectivity index (χ4v) is 1.67. The van der Waals surface area contributed by atoms with E-state index in [0.29, 0.717) is 17.9 Å². The second-order valence-electron chi connectivity index (χ2n) is 3.01. The van der Waals surface area contributed by atoms with Crippen molar-refractivity contribution in [2.24, 2.45) is 5.14 Å². The van der Waals surface area contributed by atoms with Crippen molar-refractivity contribution in [1.29, 1.82) is 0 Å². The molecule has 1 rings (SSSR count). The monoisotopic (exact) mass is 227 g/mol. The van der Waals surface area contributed by atoms with E-state index in [1.165, 1.54) is 12.1 Å². The number of rotatable bonds is 4. The van der Waals surface area contributed by atoms with Gasteiger partial charge in [-0.3, -0.25) is 0 Å². The molecule has 5 nitrogen and oxygen atoms in total. The van der Waals surface area contributed by atoms with E-state index in [0.717, 1.165) is 0 Å². The third-order valence-electron chi connectivity index (χ3n) is 1.71. The Bertz CT molecular complexity index is 468. The van der Waals surface area contributed by atoms with Gasteiger partial charge in [0.25, 0.3) is 0 Å². The van der Waals surface area contributed by atoms with Crippen LogP contribution in [0.4, 0.5) is 11.4 Å². The van der Waals surface area contributed by atoms with Gasteiger partial charge < -0.3 is 11.1 Å². The highest BCUT2D eigenvalue weighted by Crippen LogP contribution is 2.19. The van der Waals surface area contributed by atoms with Gasteiger partial charge in [-0.1, -0.05) is 6.08 Å². The first-order valence-corrected chi connectivity index (χ1v) is 5.76. The second kappa shape index (κ2) is 4.33. The van der Waals surface area contributed by atoms with Gasteiger partial charge in [-0.2, -0.15) is 0 Å². The Balaban J connectivity index is 3.11. The molecule has 0 aromatic heterocycles. The average Bonchev–Trinajstić information content (AvgIpc) is 2.12. The third-order valence-corrected chi connectivity index (χ3v) is 2.60. The summed E-state index contributed by atoms with van der Waals surface area (Å²) in [6.07, 6.45) is 1.65. The summed E-state index contributed by atoms with van der Waals surface area (Å²) in [7, 11) is -3.72. The van der Waals surface area contributed by atoms with E-state index in [2.05, 4.69) is 11.9 Å². The van der Waals surface area contributed by atoms with Crippen molar-refractivity contribution in [3.05, 3.63) is 30.9 Å². The number of nitrogen functional groups attached to an aromatic ring is 1. The Kier molecular flexibility index (Phi) is 3.33. The molecule has 0 heterocycles. The summed E-state index contributed by atoms with van der Waals surface area (Å²) in [4.78, 5) is -0.00550. The molecule has 15 heavy (non-hydrogen) atoms. The van der Waals surface area contributed by atoms with Crippen molar-refractivity contribution < 1.29 is 8.42 Å². The highest BCUT2D eigenvalue weighted by Gasteiger charge is 2.09. The van der Waals surface area contributed by atoms with Gasteiger partial charge in [0.2, 0.25) is 10.0 Å². The molecular weight excluding hydrogens is 214 g/mol. The van der Waals surface area contributed by atoms with Crippen LogP contribution in [-0.2, 0) is 10.0 Å². The quantitative estimate of drug-likeness (QED) is 0.515. The SMILES string of the molecule is C=CCNc1cc(N)cc(S(N)(=O)=O)c1.